The van der Waals surface area contributed by atoms with Gasteiger partial charge in [0.2, 0.25) is 0 Å². The molecule has 0 bridgehead atoms. The van der Waals surface area contributed by atoms with Crippen molar-refractivity contribution in [2.75, 3.05) is 13.2 Å². The third-order valence-electron chi connectivity index (χ3n) is 2.62. The molecule has 1 rings (SSSR count). The Balaban J connectivity index is 2.60. The van der Waals surface area contributed by atoms with Crippen LogP contribution < -0.4 is 10.5 Å². The molecule has 0 unspecified atom stereocenters. The van der Waals surface area contributed by atoms with Crippen molar-refractivity contribution in [2.24, 2.45) is 5.73 Å². The zero-order chi connectivity index (χ0) is 11.3. The second-order valence-electron chi connectivity index (χ2n) is 4.05. The van der Waals surface area contributed by atoms with Crippen molar-refractivity contribution in [2.45, 2.75) is 33.6 Å². The zero-order valence-electron chi connectivity index (χ0n) is 9.97. The van der Waals surface area contributed by atoms with Crippen molar-refractivity contribution in [3.63, 3.8) is 0 Å². The highest BCUT2D eigenvalue weighted by molar-refractivity contribution is 5.41. The van der Waals surface area contributed by atoms with Gasteiger partial charge in [-0.25, -0.2) is 0 Å². The highest BCUT2D eigenvalue weighted by Gasteiger charge is 2.03. The van der Waals surface area contributed by atoms with Crippen LogP contribution in [0.1, 0.15) is 29.5 Å². The molecule has 0 aliphatic rings. The number of aryl methyl sites for hydroxylation is 2. The summed E-state index contributed by atoms with van der Waals surface area (Å²) in [6.45, 7) is 7.83. The SMILES string of the molecule is Cc1cc(C)c(C)c(OCCCCN)c1. The van der Waals surface area contributed by atoms with Gasteiger partial charge in [-0.1, -0.05) is 6.07 Å². The molecule has 0 saturated heterocycles. The molecule has 0 atom stereocenters. The van der Waals surface area contributed by atoms with Gasteiger partial charge < -0.3 is 10.5 Å². The monoisotopic (exact) mass is 207 g/mol. The molecule has 0 radical (unpaired) electrons. The number of ether oxygens (including phenoxy) is 1. The molecule has 84 valence electrons. The third-order valence-corrected chi connectivity index (χ3v) is 2.62. The Kier molecular flexibility index (Phi) is 4.63. The first kappa shape index (κ1) is 12.1. The highest BCUT2D eigenvalue weighted by Crippen LogP contribution is 2.23. The van der Waals surface area contributed by atoms with Crippen LogP contribution in [-0.2, 0) is 0 Å². The number of hydrogen-bond acceptors (Lipinski definition) is 2. The molecule has 2 nitrogen and oxygen atoms in total. The first-order valence-electron chi connectivity index (χ1n) is 5.56. The highest BCUT2D eigenvalue weighted by atomic mass is 16.5. The molecule has 0 spiro atoms. The number of unbranched alkanes of at least 4 members (excludes halogenated alkanes) is 1. The van der Waals surface area contributed by atoms with Crippen LogP contribution in [0.2, 0.25) is 0 Å². The van der Waals surface area contributed by atoms with Crippen LogP contribution in [0.4, 0.5) is 0 Å². The summed E-state index contributed by atoms with van der Waals surface area (Å²) in [5.74, 6) is 1.02. The van der Waals surface area contributed by atoms with Gasteiger partial charge in [0, 0.05) is 0 Å². The average Bonchev–Trinajstić information content (AvgIpc) is 2.19. The van der Waals surface area contributed by atoms with E-state index in [2.05, 4.69) is 32.9 Å². The molecule has 0 fully saturated rings. The van der Waals surface area contributed by atoms with Crippen LogP contribution in [-0.4, -0.2) is 13.2 Å². The summed E-state index contributed by atoms with van der Waals surface area (Å²) >= 11 is 0. The van der Waals surface area contributed by atoms with E-state index in [0.717, 1.165) is 31.7 Å². The van der Waals surface area contributed by atoms with Gasteiger partial charge in [0.25, 0.3) is 0 Å². The number of nitrogens with two attached hydrogens (primary N) is 1. The Morgan fingerprint density at radius 1 is 1.13 bits per heavy atom. The number of rotatable bonds is 5. The van der Waals surface area contributed by atoms with E-state index in [4.69, 9.17) is 10.5 Å². The lowest BCUT2D eigenvalue weighted by molar-refractivity contribution is 0.305. The van der Waals surface area contributed by atoms with Crippen LogP contribution in [0.15, 0.2) is 12.1 Å². The summed E-state index contributed by atoms with van der Waals surface area (Å²) in [6, 6.07) is 4.28. The molecule has 0 amide bonds. The molecular formula is C13H21NO. The van der Waals surface area contributed by atoms with Gasteiger partial charge >= 0.3 is 0 Å². The van der Waals surface area contributed by atoms with E-state index < -0.39 is 0 Å². The quantitative estimate of drug-likeness (QED) is 0.753. The van der Waals surface area contributed by atoms with Gasteiger partial charge in [-0.2, -0.15) is 0 Å². The zero-order valence-corrected chi connectivity index (χ0v) is 9.97. The summed E-state index contributed by atoms with van der Waals surface area (Å²) < 4.78 is 5.74. The van der Waals surface area contributed by atoms with Gasteiger partial charge in [-0.3, -0.25) is 0 Å². The van der Waals surface area contributed by atoms with E-state index in [1.165, 1.54) is 16.7 Å². The summed E-state index contributed by atoms with van der Waals surface area (Å²) in [7, 11) is 0. The maximum absolute atomic E-state index is 5.74. The van der Waals surface area contributed by atoms with Gasteiger partial charge in [0.1, 0.15) is 5.75 Å². The first-order valence-corrected chi connectivity index (χ1v) is 5.56. The van der Waals surface area contributed by atoms with Crippen molar-refractivity contribution in [3.05, 3.63) is 28.8 Å². The third kappa shape index (κ3) is 3.56. The maximum Gasteiger partial charge on any atom is 0.122 e. The smallest absolute Gasteiger partial charge is 0.122 e. The minimum Gasteiger partial charge on any atom is -0.493 e. The van der Waals surface area contributed by atoms with E-state index in [-0.39, 0.29) is 0 Å². The largest absolute Gasteiger partial charge is 0.493 e. The fraction of sp³-hybridized carbons (Fsp3) is 0.538. The van der Waals surface area contributed by atoms with Crippen LogP contribution in [0, 0.1) is 20.8 Å². The topological polar surface area (TPSA) is 35.2 Å². The Labute approximate surface area is 92.4 Å². The summed E-state index contributed by atoms with van der Waals surface area (Å²) in [5, 5.41) is 0. The lowest BCUT2D eigenvalue weighted by atomic mass is 10.1. The molecule has 1 aromatic carbocycles. The van der Waals surface area contributed by atoms with E-state index in [1.807, 2.05) is 0 Å². The Morgan fingerprint density at radius 3 is 2.53 bits per heavy atom. The summed E-state index contributed by atoms with van der Waals surface area (Å²) in [6.07, 6.45) is 2.06. The van der Waals surface area contributed by atoms with Crippen molar-refractivity contribution in [1.82, 2.24) is 0 Å². The predicted molar refractivity (Wildman–Crippen MR) is 64.4 cm³/mol. The maximum atomic E-state index is 5.74. The van der Waals surface area contributed by atoms with Crippen molar-refractivity contribution >= 4 is 0 Å². The van der Waals surface area contributed by atoms with E-state index in [1.54, 1.807) is 0 Å². The second kappa shape index (κ2) is 5.76. The lowest BCUT2D eigenvalue weighted by Gasteiger charge is -2.12. The van der Waals surface area contributed by atoms with Gasteiger partial charge in [0.05, 0.1) is 6.61 Å². The molecular weight excluding hydrogens is 186 g/mol. The van der Waals surface area contributed by atoms with Gasteiger partial charge in [0.15, 0.2) is 0 Å². The summed E-state index contributed by atoms with van der Waals surface area (Å²) in [5.41, 5.74) is 9.23. The lowest BCUT2D eigenvalue weighted by Crippen LogP contribution is -2.04. The van der Waals surface area contributed by atoms with Crippen molar-refractivity contribution in [1.29, 1.82) is 0 Å². The Morgan fingerprint density at radius 2 is 1.87 bits per heavy atom. The van der Waals surface area contributed by atoms with Crippen LogP contribution in [0.3, 0.4) is 0 Å². The molecule has 0 heterocycles. The minimum atomic E-state index is 0.745. The second-order valence-corrected chi connectivity index (χ2v) is 4.05. The Hall–Kier alpha value is -1.02. The fourth-order valence-electron chi connectivity index (χ4n) is 1.58. The molecule has 2 heteroatoms. The van der Waals surface area contributed by atoms with Crippen LogP contribution in [0.5, 0.6) is 5.75 Å². The van der Waals surface area contributed by atoms with E-state index in [0.29, 0.717) is 0 Å². The predicted octanol–water partition coefficient (Wildman–Crippen LogP) is 2.73. The molecule has 1 aromatic rings. The summed E-state index contributed by atoms with van der Waals surface area (Å²) in [4.78, 5) is 0. The van der Waals surface area contributed by atoms with E-state index in [9.17, 15) is 0 Å². The van der Waals surface area contributed by atoms with Gasteiger partial charge in [-0.15, -0.1) is 0 Å². The van der Waals surface area contributed by atoms with Crippen LogP contribution in [0.25, 0.3) is 0 Å². The number of benzene rings is 1. The molecule has 0 aromatic heterocycles. The molecule has 0 saturated carbocycles. The molecule has 0 aliphatic carbocycles. The van der Waals surface area contributed by atoms with E-state index >= 15 is 0 Å². The minimum absolute atomic E-state index is 0.745. The fourth-order valence-corrected chi connectivity index (χ4v) is 1.58. The molecule has 2 N–H and O–H groups in total. The average molecular weight is 207 g/mol. The number of hydrogen-bond donors (Lipinski definition) is 1. The molecule has 15 heavy (non-hydrogen) atoms. The van der Waals surface area contributed by atoms with Crippen LogP contribution >= 0.6 is 0 Å². The molecule has 0 aliphatic heterocycles. The van der Waals surface area contributed by atoms with Crippen molar-refractivity contribution in [3.8, 4) is 5.75 Å². The standard InChI is InChI=1S/C13H21NO/c1-10-8-11(2)12(3)13(9-10)15-7-5-4-6-14/h8-9H,4-7,14H2,1-3H3. The van der Waals surface area contributed by atoms with Gasteiger partial charge in [-0.05, 0) is 62.9 Å². The van der Waals surface area contributed by atoms with Crippen molar-refractivity contribution < 1.29 is 4.74 Å². The Bertz CT molecular complexity index is 321. The normalized spacial score (nSPS) is 10.4. The first-order chi connectivity index (χ1) is 7.15.